The molecule has 0 atom stereocenters. The zero-order chi connectivity index (χ0) is 15.2. The molecule has 0 fully saturated rings. The smallest absolute Gasteiger partial charge is 0.180 e. The fraction of sp³-hybridized carbons (Fsp3) is 0.375. The summed E-state index contributed by atoms with van der Waals surface area (Å²) in [5.74, 6) is 0.719. The summed E-state index contributed by atoms with van der Waals surface area (Å²) < 4.78 is 5.51. The van der Waals surface area contributed by atoms with Crippen molar-refractivity contribution in [1.82, 2.24) is 9.88 Å². The molecule has 0 unspecified atom stereocenters. The van der Waals surface area contributed by atoms with E-state index >= 15 is 0 Å². The average Bonchev–Trinajstić information content (AvgIpc) is 2.84. The summed E-state index contributed by atoms with van der Waals surface area (Å²) in [7, 11) is 1.93. The summed E-state index contributed by atoms with van der Waals surface area (Å²) in [6, 6.07) is 7.39. The highest BCUT2D eigenvalue weighted by Crippen LogP contribution is 2.19. The van der Waals surface area contributed by atoms with Gasteiger partial charge in [-0.15, -0.1) is 11.3 Å². The molecule has 2 aromatic rings. The van der Waals surface area contributed by atoms with Gasteiger partial charge in [0.05, 0.1) is 29.4 Å². The molecule has 0 N–H and O–H groups in total. The van der Waals surface area contributed by atoms with Gasteiger partial charge < -0.3 is 4.74 Å². The predicted octanol–water partition coefficient (Wildman–Crippen LogP) is 3.16. The SMILES string of the molecule is CCOc1ccccc1C(=O)CN(C)Cc1csc(C)n1. The predicted molar refractivity (Wildman–Crippen MR) is 85.1 cm³/mol. The number of benzene rings is 1. The van der Waals surface area contributed by atoms with Gasteiger partial charge in [0.25, 0.3) is 0 Å². The molecule has 0 aliphatic rings. The molecule has 0 amide bonds. The third-order valence-electron chi connectivity index (χ3n) is 3.00. The van der Waals surface area contributed by atoms with E-state index in [0.29, 0.717) is 31.0 Å². The van der Waals surface area contributed by atoms with E-state index in [1.165, 1.54) is 0 Å². The number of rotatable bonds is 7. The number of ether oxygens (including phenoxy) is 1. The van der Waals surface area contributed by atoms with Gasteiger partial charge in [0.15, 0.2) is 5.78 Å². The molecule has 0 radical (unpaired) electrons. The average molecular weight is 304 g/mol. The van der Waals surface area contributed by atoms with Crippen LogP contribution in [0.2, 0.25) is 0 Å². The lowest BCUT2D eigenvalue weighted by atomic mass is 10.1. The molecule has 112 valence electrons. The van der Waals surface area contributed by atoms with Crippen LogP contribution in [0.4, 0.5) is 0 Å². The van der Waals surface area contributed by atoms with Gasteiger partial charge in [-0.05, 0) is 33.0 Å². The Bertz CT molecular complexity index is 610. The van der Waals surface area contributed by atoms with Crippen molar-refractivity contribution in [3.05, 3.63) is 45.9 Å². The van der Waals surface area contributed by atoms with Crippen molar-refractivity contribution >= 4 is 17.1 Å². The fourth-order valence-electron chi connectivity index (χ4n) is 2.12. The Morgan fingerprint density at radius 2 is 2.14 bits per heavy atom. The van der Waals surface area contributed by atoms with E-state index in [9.17, 15) is 4.79 Å². The topological polar surface area (TPSA) is 42.4 Å². The Labute approximate surface area is 129 Å². The first-order valence-corrected chi connectivity index (χ1v) is 7.82. The van der Waals surface area contributed by atoms with Gasteiger partial charge in [-0.25, -0.2) is 4.98 Å². The van der Waals surface area contributed by atoms with E-state index in [4.69, 9.17) is 4.74 Å². The molecule has 0 saturated carbocycles. The molecule has 0 spiro atoms. The minimum Gasteiger partial charge on any atom is -0.493 e. The first-order valence-electron chi connectivity index (χ1n) is 6.94. The van der Waals surface area contributed by atoms with Gasteiger partial charge in [0, 0.05) is 11.9 Å². The second kappa shape index (κ2) is 7.33. The van der Waals surface area contributed by atoms with Crippen LogP contribution in [-0.2, 0) is 6.54 Å². The Morgan fingerprint density at radius 3 is 2.81 bits per heavy atom. The number of nitrogens with zero attached hydrogens (tertiary/aromatic N) is 2. The van der Waals surface area contributed by atoms with Crippen LogP contribution in [0.5, 0.6) is 5.75 Å². The normalized spacial score (nSPS) is 10.9. The minimum absolute atomic E-state index is 0.0634. The van der Waals surface area contributed by atoms with Crippen molar-refractivity contribution in [2.75, 3.05) is 20.2 Å². The number of hydrogen-bond donors (Lipinski definition) is 0. The van der Waals surface area contributed by atoms with Gasteiger partial charge in [0.1, 0.15) is 5.75 Å². The number of carbonyl (C=O) groups is 1. The third-order valence-corrected chi connectivity index (χ3v) is 3.82. The lowest BCUT2D eigenvalue weighted by Crippen LogP contribution is -2.26. The van der Waals surface area contributed by atoms with Crippen LogP contribution in [0.25, 0.3) is 0 Å². The molecular formula is C16H20N2O2S. The van der Waals surface area contributed by atoms with E-state index in [1.807, 2.05) is 55.4 Å². The molecular weight excluding hydrogens is 284 g/mol. The standard InChI is InChI=1S/C16H20N2O2S/c1-4-20-16-8-6-5-7-14(16)15(19)10-18(3)9-13-11-21-12(2)17-13/h5-8,11H,4,9-10H2,1-3H3. The number of thiazole rings is 1. The van der Waals surface area contributed by atoms with E-state index in [2.05, 4.69) is 4.98 Å². The van der Waals surface area contributed by atoms with E-state index in [1.54, 1.807) is 11.3 Å². The lowest BCUT2D eigenvalue weighted by molar-refractivity contribution is 0.0939. The van der Waals surface area contributed by atoms with Crippen LogP contribution in [0.3, 0.4) is 0 Å². The van der Waals surface area contributed by atoms with Gasteiger partial charge in [0.2, 0.25) is 0 Å². The van der Waals surface area contributed by atoms with Crippen molar-refractivity contribution in [1.29, 1.82) is 0 Å². The van der Waals surface area contributed by atoms with Crippen molar-refractivity contribution < 1.29 is 9.53 Å². The highest BCUT2D eigenvalue weighted by molar-refractivity contribution is 7.09. The van der Waals surface area contributed by atoms with Crippen LogP contribution >= 0.6 is 11.3 Å². The number of ketones is 1. The summed E-state index contributed by atoms with van der Waals surface area (Å²) in [5.41, 5.74) is 1.64. The summed E-state index contributed by atoms with van der Waals surface area (Å²) in [5, 5.41) is 3.08. The van der Waals surface area contributed by atoms with Crippen LogP contribution < -0.4 is 4.74 Å². The van der Waals surface area contributed by atoms with E-state index in [0.717, 1.165) is 10.7 Å². The van der Waals surface area contributed by atoms with Crippen LogP contribution in [-0.4, -0.2) is 35.9 Å². The number of aromatic nitrogens is 1. The van der Waals surface area contributed by atoms with Crippen LogP contribution in [0, 0.1) is 6.92 Å². The second-order valence-corrected chi connectivity index (χ2v) is 5.94. The first kappa shape index (κ1) is 15.7. The Morgan fingerprint density at radius 1 is 1.38 bits per heavy atom. The second-order valence-electron chi connectivity index (χ2n) is 4.88. The summed E-state index contributed by atoms with van der Waals surface area (Å²) in [6.07, 6.45) is 0. The van der Waals surface area contributed by atoms with Crippen molar-refractivity contribution in [3.8, 4) is 5.75 Å². The molecule has 21 heavy (non-hydrogen) atoms. The Kier molecular flexibility index (Phi) is 5.47. The maximum absolute atomic E-state index is 12.4. The monoisotopic (exact) mass is 304 g/mol. The molecule has 0 bridgehead atoms. The van der Waals surface area contributed by atoms with E-state index in [-0.39, 0.29) is 5.78 Å². The number of para-hydroxylation sites is 1. The minimum atomic E-state index is 0.0634. The number of carbonyl (C=O) groups excluding carboxylic acids is 1. The van der Waals surface area contributed by atoms with E-state index < -0.39 is 0 Å². The quantitative estimate of drug-likeness (QED) is 0.737. The molecule has 1 aromatic heterocycles. The summed E-state index contributed by atoms with van der Waals surface area (Å²) in [4.78, 5) is 18.8. The number of aryl methyl sites for hydroxylation is 1. The Balaban J connectivity index is 2.00. The van der Waals surface area contributed by atoms with Gasteiger partial charge in [-0.3, -0.25) is 9.69 Å². The number of hydrogen-bond acceptors (Lipinski definition) is 5. The largest absolute Gasteiger partial charge is 0.493 e. The molecule has 1 aromatic carbocycles. The lowest BCUT2D eigenvalue weighted by Gasteiger charge is -2.15. The fourth-order valence-corrected chi connectivity index (χ4v) is 2.73. The highest BCUT2D eigenvalue weighted by Gasteiger charge is 2.14. The van der Waals surface area contributed by atoms with Gasteiger partial charge in [-0.2, -0.15) is 0 Å². The maximum Gasteiger partial charge on any atom is 0.180 e. The molecule has 0 aliphatic carbocycles. The third kappa shape index (κ3) is 4.37. The van der Waals surface area contributed by atoms with Gasteiger partial charge in [-0.1, -0.05) is 12.1 Å². The number of Topliss-reactive ketones (excluding diaryl/α,β-unsaturated/α-hetero) is 1. The van der Waals surface area contributed by atoms with Crippen LogP contribution in [0.1, 0.15) is 28.0 Å². The molecule has 2 rings (SSSR count). The molecule has 4 nitrogen and oxygen atoms in total. The molecule has 1 heterocycles. The molecule has 5 heteroatoms. The molecule has 0 aliphatic heterocycles. The van der Waals surface area contributed by atoms with Gasteiger partial charge >= 0.3 is 0 Å². The van der Waals surface area contributed by atoms with Crippen LogP contribution in [0.15, 0.2) is 29.6 Å². The van der Waals surface area contributed by atoms with Crippen molar-refractivity contribution in [2.45, 2.75) is 20.4 Å². The maximum atomic E-state index is 12.4. The van der Waals surface area contributed by atoms with Crippen molar-refractivity contribution in [2.24, 2.45) is 0 Å². The van der Waals surface area contributed by atoms with Crippen molar-refractivity contribution in [3.63, 3.8) is 0 Å². The zero-order valence-electron chi connectivity index (χ0n) is 12.6. The molecule has 0 saturated heterocycles. The Hall–Kier alpha value is -1.72. The first-order chi connectivity index (χ1) is 10.1. The zero-order valence-corrected chi connectivity index (χ0v) is 13.4. The number of likely N-dealkylation sites (N-methyl/N-ethyl adjacent to an activating group) is 1. The highest BCUT2D eigenvalue weighted by atomic mass is 32.1. The summed E-state index contributed by atoms with van der Waals surface area (Å²) in [6.45, 7) is 5.47. The summed E-state index contributed by atoms with van der Waals surface area (Å²) >= 11 is 1.63.